The molecule has 2 heterocycles. The van der Waals surface area contributed by atoms with Crippen LogP contribution in [0.2, 0.25) is 0 Å². The molecule has 0 spiro atoms. The van der Waals surface area contributed by atoms with E-state index in [2.05, 4.69) is 15.2 Å². The Bertz CT molecular complexity index is 1340. The number of anilines is 2. The van der Waals surface area contributed by atoms with Crippen LogP contribution >= 0.6 is 0 Å². The highest BCUT2D eigenvalue weighted by molar-refractivity contribution is 5.71. The lowest BCUT2D eigenvalue weighted by Gasteiger charge is -2.37. The fourth-order valence-electron chi connectivity index (χ4n) is 4.43. The van der Waals surface area contributed by atoms with Gasteiger partial charge >= 0.3 is 12.1 Å². The molecule has 10 heteroatoms. The number of aliphatic carboxylic acids is 1. The summed E-state index contributed by atoms with van der Waals surface area (Å²) in [5.74, 6) is -1.35. The normalized spacial score (nSPS) is 14.5. The Labute approximate surface area is 206 Å². The van der Waals surface area contributed by atoms with Gasteiger partial charge in [0.2, 0.25) is 0 Å². The van der Waals surface area contributed by atoms with Crippen molar-refractivity contribution in [2.45, 2.75) is 39.9 Å². The Morgan fingerprint density at radius 1 is 1.17 bits per heavy atom. The third-order valence-electron chi connectivity index (χ3n) is 6.54. The van der Waals surface area contributed by atoms with Crippen LogP contribution in [0.4, 0.5) is 24.7 Å². The molecule has 1 aromatic heterocycles. The van der Waals surface area contributed by atoms with Crippen LogP contribution in [-0.2, 0) is 23.9 Å². The van der Waals surface area contributed by atoms with Crippen molar-refractivity contribution in [3.05, 3.63) is 80.9 Å². The second-order valence-electron chi connectivity index (χ2n) is 9.09. The van der Waals surface area contributed by atoms with E-state index in [0.717, 1.165) is 22.8 Å². The largest absolute Gasteiger partial charge is 0.481 e. The molecule has 0 unspecified atom stereocenters. The maximum absolute atomic E-state index is 13.6. The Kier molecular flexibility index (Phi) is 6.90. The number of benzene rings is 2. The van der Waals surface area contributed by atoms with Gasteiger partial charge in [-0.2, -0.15) is 13.2 Å². The molecular weight excluding hydrogens is 473 g/mol. The zero-order valence-electron chi connectivity index (χ0n) is 20.2. The summed E-state index contributed by atoms with van der Waals surface area (Å²) in [6.07, 6.45) is -1.21. The molecular formula is C26H27F3N4O3. The molecule has 3 aromatic rings. The predicted octanol–water partition coefficient (Wildman–Crippen LogP) is 4.69. The van der Waals surface area contributed by atoms with Crippen LogP contribution in [0, 0.1) is 19.8 Å². The van der Waals surface area contributed by atoms with E-state index < -0.39 is 23.3 Å². The van der Waals surface area contributed by atoms with Gasteiger partial charge < -0.3 is 10.4 Å². The second-order valence-corrected chi connectivity index (χ2v) is 9.09. The zero-order valence-corrected chi connectivity index (χ0v) is 20.2. The van der Waals surface area contributed by atoms with E-state index in [1.54, 1.807) is 0 Å². The lowest BCUT2D eigenvalue weighted by molar-refractivity contribution is -0.147. The van der Waals surface area contributed by atoms with Crippen molar-refractivity contribution < 1.29 is 23.1 Å². The first-order valence-corrected chi connectivity index (χ1v) is 11.6. The lowest BCUT2D eigenvalue weighted by atomic mass is 9.96. The van der Waals surface area contributed by atoms with E-state index >= 15 is 0 Å². The van der Waals surface area contributed by atoms with Crippen LogP contribution in [0.25, 0.3) is 5.69 Å². The van der Waals surface area contributed by atoms with Crippen LogP contribution in [-0.4, -0.2) is 38.6 Å². The molecule has 0 radical (unpaired) electrons. The second kappa shape index (κ2) is 9.77. The van der Waals surface area contributed by atoms with Gasteiger partial charge in [0.05, 0.1) is 17.2 Å². The standard InChI is InChI=1S/C26H27F3N4O3/c1-4-17-5-6-21(26(27,28)29)22(11-17)31-23-24(34)33(8-7-30-23)19-9-15(2)20(16(3)10-19)14-32-12-18(13-32)25(35)36/h5-11,18H,4,12-14H2,1-3H3,(H,30,31)(H,35,36). The maximum atomic E-state index is 13.6. The fraction of sp³-hybridized carbons (Fsp3) is 0.346. The summed E-state index contributed by atoms with van der Waals surface area (Å²) >= 11 is 0. The van der Waals surface area contributed by atoms with Gasteiger partial charge in [-0.25, -0.2) is 4.98 Å². The molecule has 7 nitrogen and oxygen atoms in total. The number of aromatic nitrogens is 2. The molecule has 0 atom stereocenters. The quantitative estimate of drug-likeness (QED) is 0.490. The lowest BCUT2D eigenvalue weighted by Crippen LogP contribution is -2.49. The molecule has 2 aromatic carbocycles. The Morgan fingerprint density at radius 2 is 1.83 bits per heavy atom. The number of carboxylic acid groups (broad SMARTS) is 1. The SMILES string of the molecule is CCc1ccc(C(F)(F)F)c(Nc2nccn(-c3cc(C)c(CN4CC(C(=O)O)C4)c(C)c3)c2=O)c1. The van der Waals surface area contributed by atoms with E-state index in [4.69, 9.17) is 5.11 Å². The van der Waals surface area contributed by atoms with Gasteiger partial charge in [0.15, 0.2) is 5.82 Å². The first-order chi connectivity index (χ1) is 17.0. The first-order valence-electron chi connectivity index (χ1n) is 11.6. The zero-order chi connectivity index (χ0) is 26.2. The van der Waals surface area contributed by atoms with Crippen molar-refractivity contribution in [1.29, 1.82) is 0 Å². The topological polar surface area (TPSA) is 87.5 Å². The number of hydrogen-bond donors (Lipinski definition) is 2. The van der Waals surface area contributed by atoms with Gasteiger partial charge in [0, 0.05) is 37.7 Å². The summed E-state index contributed by atoms with van der Waals surface area (Å²) < 4.78 is 42.0. The summed E-state index contributed by atoms with van der Waals surface area (Å²) in [5.41, 5.74) is 2.49. The van der Waals surface area contributed by atoms with Gasteiger partial charge in [0.25, 0.3) is 5.56 Å². The molecule has 0 amide bonds. The van der Waals surface area contributed by atoms with Crippen LogP contribution in [0.3, 0.4) is 0 Å². The number of aryl methyl sites for hydroxylation is 3. The predicted molar refractivity (Wildman–Crippen MR) is 130 cm³/mol. The van der Waals surface area contributed by atoms with E-state index in [0.29, 0.717) is 37.3 Å². The molecule has 36 heavy (non-hydrogen) atoms. The number of likely N-dealkylation sites (tertiary alicyclic amines) is 1. The smallest absolute Gasteiger partial charge is 0.418 e. The molecule has 1 fully saturated rings. The van der Waals surface area contributed by atoms with Crippen molar-refractivity contribution in [2.75, 3.05) is 18.4 Å². The van der Waals surface area contributed by atoms with Crippen molar-refractivity contribution in [2.24, 2.45) is 5.92 Å². The van der Waals surface area contributed by atoms with Crippen LogP contribution < -0.4 is 10.9 Å². The minimum absolute atomic E-state index is 0.212. The summed E-state index contributed by atoms with van der Waals surface area (Å²) in [4.78, 5) is 30.4. The minimum Gasteiger partial charge on any atom is -0.481 e. The van der Waals surface area contributed by atoms with Crippen molar-refractivity contribution in [1.82, 2.24) is 14.5 Å². The highest BCUT2D eigenvalue weighted by Gasteiger charge is 2.34. The summed E-state index contributed by atoms with van der Waals surface area (Å²) in [5, 5.41) is 11.7. The molecule has 1 aliphatic rings. The molecule has 4 rings (SSSR count). The molecule has 0 aliphatic carbocycles. The number of carbonyl (C=O) groups is 1. The summed E-state index contributed by atoms with van der Waals surface area (Å²) in [6.45, 7) is 7.26. The van der Waals surface area contributed by atoms with Crippen molar-refractivity contribution in [3.8, 4) is 5.69 Å². The minimum atomic E-state index is -4.59. The number of halogens is 3. The molecule has 2 N–H and O–H groups in total. The molecule has 0 saturated carbocycles. The fourth-order valence-corrected chi connectivity index (χ4v) is 4.43. The number of rotatable bonds is 7. The highest BCUT2D eigenvalue weighted by Crippen LogP contribution is 2.36. The Morgan fingerprint density at radius 3 is 2.42 bits per heavy atom. The van der Waals surface area contributed by atoms with Gasteiger partial charge in [0.1, 0.15) is 0 Å². The van der Waals surface area contributed by atoms with Crippen molar-refractivity contribution in [3.63, 3.8) is 0 Å². The Balaban J connectivity index is 1.64. The van der Waals surface area contributed by atoms with Crippen molar-refractivity contribution >= 4 is 17.5 Å². The Hall–Kier alpha value is -3.66. The maximum Gasteiger partial charge on any atom is 0.418 e. The highest BCUT2D eigenvalue weighted by atomic mass is 19.4. The van der Waals surface area contributed by atoms with Crippen LogP contribution in [0.1, 0.15) is 34.7 Å². The molecule has 190 valence electrons. The summed E-state index contributed by atoms with van der Waals surface area (Å²) in [6, 6.07) is 7.47. The first kappa shape index (κ1) is 25.4. The summed E-state index contributed by atoms with van der Waals surface area (Å²) in [7, 11) is 0. The van der Waals surface area contributed by atoms with Crippen LogP contribution in [0.5, 0.6) is 0 Å². The monoisotopic (exact) mass is 500 g/mol. The average molecular weight is 501 g/mol. The average Bonchev–Trinajstić information content (AvgIpc) is 2.77. The van der Waals surface area contributed by atoms with Gasteiger partial charge in [-0.15, -0.1) is 0 Å². The van der Waals surface area contributed by atoms with Gasteiger partial charge in [-0.05, 0) is 66.8 Å². The number of nitrogens with one attached hydrogen (secondary N) is 1. The molecule has 0 bridgehead atoms. The van der Waals surface area contributed by atoms with Crippen LogP contribution in [0.15, 0.2) is 47.5 Å². The van der Waals surface area contributed by atoms with E-state index in [1.807, 2.05) is 32.9 Å². The number of carboxylic acids is 1. The van der Waals surface area contributed by atoms with Gasteiger partial charge in [-0.3, -0.25) is 19.1 Å². The van der Waals surface area contributed by atoms with Gasteiger partial charge in [-0.1, -0.05) is 13.0 Å². The van der Waals surface area contributed by atoms with E-state index in [1.165, 1.54) is 29.1 Å². The van der Waals surface area contributed by atoms with E-state index in [9.17, 15) is 22.8 Å². The third-order valence-corrected chi connectivity index (χ3v) is 6.54. The number of alkyl halides is 3. The third kappa shape index (κ3) is 5.13. The van der Waals surface area contributed by atoms with E-state index in [-0.39, 0.29) is 17.4 Å². The molecule has 1 saturated heterocycles. The molecule has 1 aliphatic heterocycles. The number of nitrogens with zero attached hydrogens (tertiary/aromatic N) is 3. The number of hydrogen-bond acceptors (Lipinski definition) is 5.